The monoisotopic (exact) mass is 339 g/mol. The Morgan fingerprint density at radius 2 is 2.12 bits per heavy atom. The third-order valence-corrected chi connectivity index (χ3v) is 3.73. The van der Waals surface area contributed by atoms with Crippen LogP contribution in [0.4, 0.5) is 10.5 Å². The molecule has 0 radical (unpaired) electrons. The molecule has 2 aromatic heterocycles. The van der Waals surface area contributed by atoms with Gasteiger partial charge in [0.15, 0.2) is 5.89 Å². The van der Waals surface area contributed by atoms with E-state index >= 15 is 0 Å². The van der Waals surface area contributed by atoms with E-state index in [1.807, 2.05) is 41.2 Å². The van der Waals surface area contributed by atoms with Crippen molar-refractivity contribution in [3.63, 3.8) is 0 Å². The Hall–Kier alpha value is -3.09. The molecule has 25 heavy (non-hydrogen) atoms. The summed E-state index contributed by atoms with van der Waals surface area (Å²) in [6, 6.07) is 9.13. The molecule has 0 saturated carbocycles. The Bertz CT molecular complexity index is 808. The normalized spacial score (nSPS) is 11.9. The molecular formula is C18H21N5O2. The molecule has 130 valence electrons. The van der Waals surface area contributed by atoms with E-state index in [1.54, 1.807) is 19.4 Å². The maximum Gasteiger partial charge on any atom is 0.319 e. The van der Waals surface area contributed by atoms with E-state index in [-0.39, 0.29) is 11.9 Å². The van der Waals surface area contributed by atoms with Crippen LogP contribution >= 0.6 is 0 Å². The third kappa shape index (κ3) is 4.69. The van der Waals surface area contributed by atoms with Gasteiger partial charge in [-0.3, -0.25) is 4.68 Å². The number of rotatable bonds is 6. The highest BCUT2D eigenvalue weighted by Gasteiger charge is 2.08. The first-order valence-corrected chi connectivity index (χ1v) is 8.15. The summed E-state index contributed by atoms with van der Waals surface area (Å²) in [5, 5.41) is 9.86. The van der Waals surface area contributed by atoms with Gasteiger partial charge < -0.3 is 15.1 Å². The largest absolute Gasteiger partial charge is 0.449 e. The number of carbonyl (C=O) groups is 1. The van der Waals surface area contributed by atoms with Crippen LogP contribution in [0.3, 0.4) is 0 Å². The van der Waals surface area contributed by atoms with Gasteiger partial charge in [0.05, 0.1) is 0 Å². The Labute approximate surface area is 146 Å². The van der Waals surface area contributed by atoms with Crippen molar-refractivity contribution in [1.82, 2.24) is 20.1 Å². The van der Waals surface area contributed by atoms with Crippen molar-refractivity contribution in [1.29, 1.82) is 0 Å². The molecule has 1 atom stereocenters. The molecule has 2 N–H and O–H groups in total. The lowest BCUT2D eigenvalue weighted by atomic mass is 10.1. The molecule has 2 amide bonds. The van der Waals surface area contributed by atoms with Gasteiger partial charge in [0.25, 0.3) is 0 Å². The van der Waals surface area contributed by atoms with E-state index in [0.29, 0.717) is 12.4 Å². The summed E-state index contributed by atoms with van der Waals surface area (Å²) in [6.45, 7) is 5.20. The fraction of sp³-hybridized carbons (Fsp3) is 0.278. The van der Waals surface area contributed by atoms with E-state index < -0.39 is 0 Å². The molecule has 2 heterocycles. The first-order valence-electron chi connectivity index (χ1n) is 8.15. The number of carbonyl (C=O) groups excluding carboxylic acids is 1. The van der Waals surface area contributed by atoms with Crippen molar-refractivity contribution in [2.75, 3.05) is 11.9 Å². The number of anilines is 1. The number of oxazole rings is 1. The predicted molar refractivity (Wildman–Crippen MR) is 95.1 cm³/mol. The molecule has 3 aromatic rings. The van der Waals surface area contributed by atoms with Crippen LogP contribution in [0.1, 0.15) is 12.8 Å². The molecule has 7 heteroatoms. The number of amides is 2. The van der Waals surface area contributed by atoms with Crippen molar-refractivity contribution in [2.45, 2.75) is 20.4 Å². The van der Waals surface area contributed by atoms with Gasteiger partial charge in [-0.15, -0.1) is 0 Å². The van der Waals surface area contributed by atoms with Crippen LogP contribution in [0.2, 0.25) is 0 Å². The maximum absolute atomic E-state index is 12.0. The Morgan fingerprint density at radius 3 is 2.76 bits per heavy atom. The first kappa shape index (κ1) is 16.8. The number of hydrogen-bond acceptors (Lipinski definition) is 4. The van der Waals surface area contributed by atoms with E-state index in [4.69, 9.17) is 4.42 Å². The number of aryl methyl sites for hydroxylation is 1. The minimum Gasteiger partial charge on any atom is -0.449 e. The lowest BCUT2D eigenvalue weighted by Crippen LogP contribution is -2.33. The van der Waals surface area contributed by atoms with Crippen molar-refractivity contribution in [3.8, 4) is 11.3 Å². The van der Waals surface area contributed by atoms with Crippen molar-refractivity contribution in [2.24, 2.45) is 5.92 Å². The average molecular weight is 339 g/mol. The topological polar surface area (TPSA) is 85.0 Å². The minimum atomic E-state index is -0.225. The summed E-state index contributed by atoms with van der Waals surface area (Å²) in [6.07, 6.45) is 5.27. The van der Waals surface area contributed by atoms with Gasteiger partial charge in [-0.1, -0.05) is 19.1 Å². The van der Waals surface area contributed by atoms with Crippen LogP contribution in [0.5, 0.6) is 0 Å². The van der Waals surface area contributed by atoms with Crippen LogP contribution in [0.15, 0.2) is 53.4 Å². The second-order valence-corrected chi connectivity index (χ2v) is 6.00. The first-order chi connectivity index (χ1) is 12.1. The maximum atomic E-state index is 12.0. The number of aromatic nitrogens is 3. The van der Waals surface area contributed by atoms with Crippen molar-refractivity contribution >= 4 is 11.7 Å². The smallest absolute Gasteiger partial charge is 0.319 e. The quantitative estimate of drug-likeness (QED) is 0.721. The van der Waals surface area contributed by atoms with E-state index in [1.165, 1.54) is 0 Å². The van der Waals surface area contributed by atoms with Gasteiger partial charge in [0.1, 0.15) is 12.0 Å². The Balaban J connectivity index is 1.47. The Kier molecular flexibility index (Phi) is 5.13. The summed E-state index contributed by atoms with van der Waals surface area (Å²) in [5.74, 6) is 0.907. The van der Waals surface area contributed by atoms with E-state index in [9.17, 15) is 4.79 Å². The van der Waals surface area contributed by atoms with Crippen LogP contribution in [-0.4, -0.2) is 27.3 Å². The number of benzene rings is 1. The molecule has 0 bridgehead atoms. The minimum absolute atomic E-state index is 0.225. The molecule has 7 nitrogen and oxygen atoms in total. The standard InChI is InChI=1S/C18H21N5O2/c1-13(11-23-9-3-8-20-23)10-19-18(24)22-16-6-4-15(5-7-16)17-12-25-14(2)21-17/h3-9,12-13H,10-11H2,1-2H3,(H2,19,22,24)/t13-/m0/s1. The molecule has 0 aliphatic rings. The molecule has 0 fully saturated rings. The van der Waals surface area contributed by atoms with E-state index in [2.05, 4.69) is 27.6 Å². The number of hydrogen-bond donors (Lipinski definition) is 2. The zero-order valence-electron chi connectivity index (χ0n) is 14.3. The SMILES string of the molecule is Cc1nc(-c2ccc(NC(=O)NC[C@H](C)Cn3cccn3)cc2)co1. The molecule has 1 aromatic carbocycles. The van der Waals surface area contributed by atoms with Gasteiger partial charge in [0, 0.05) is 43.7 Å². The third-order valence-electron chi connectivity index (χ3n) is 3.73. The fourth-order valence-corrected chi connectivity index (χ4v) is 2.45. The second kappa shape index (κ2) is 7.65. The van der Waals surface area contributed by atoms with Gasteiger partial charge in [-0.05, 0) is 24.1 Å². The number of urea groups is 1. The summed E-state index contributed by atoms with van der Waals surface area (Å²) in [5.41, 5.74) is 2.44. The number of nitrogens with one attached hydrogen (secondary N) is 2. The van der Waals surface area contributed by atoms with Gasteiger partial charge in [0.2, 0.25) is 0 Å². The zero-order chi connectivity index (χ0) is 17.6. The van der Waals surface area contributed by atoms with Crippen LogP contribution in [0.25, 0.3) is 11.3 Å². The summed E-state index contributed by atoms with van der Waals surface area (Å²) >= 11 is 0. The molecule has 0 spiro atoms. The number of nitrogens with zero attached hydrogens (tertiary/aromatic N) is 3. The fourth-order valence-electron chi connectivity index (χ4n) is 2.45. The summed E-state index contributed by atoms with van der Waals surface area (Å²) in [4.78, 5) is 16.3. The van der Waals surface area contributed by atoms with E-state index in [0.717, 1.165) is 23.5 Å². The zero-order valence-corrected chi connectivity index (χ0v) is 14.3. The van der Waals surface area contributed by atoms with Crippen LogP contribution < -0.4 is 10.6 Å². The summed E-state index contributed by atoms with van der Waals surface area (Å²) < 4.78 is 7.06. The molecule has 3 rings (SSSR count). The molecule has 0 saturated heterocycles. The molecule has 0 unspecified atom stereocenters. The van der Waals surface area contributed by atoms with Gasteiger partial charge in [-0.25, -0.2) is 9.78 Å². The van der Waals surface area contributed by atoms with Crippen molar-refractivity contribution in [3.05, 3.63) is 54.9 Å². The highest BCUT2D eigenvalue weighted by atomic mass is 16.3. The Morgan fingerprint density at radius 1 is 1.32 bits per heavy atom. The predicted octanol–water partition coefficient (Wildman–Crippen LogP) is 3.30. The highest BCUT2D eigenvalue weighted by Crippen LogP contribution is 2.20. The lowest BCUT2D eigenvalue weighted by molar-refractivity contribution is 0.249. The van der Waals surface area contributed by atoms with Crippen LogP contribution in [-0.2, 0) is 6.54 Å². The van der Waals surface area contributed by atoms with Gasteiger partial charge in [-0.2, -0.15) is 5.10 Å². The molecule has 0 aliphatic heterocycles. The second-order valence-electron chi connectivity index (χ2n) is 6.00. The molecular weight excluding hydrogens is 318 g/mol. The molecule has 0 aliphatic carbocycles. The summed E-state index contributed by atoms with van der Waals surface area (Å²) in [7, 11) is 0. The average Bonchev–Trinajstić information content (AvgIpc) is 3.25. The lowest BCUT2D eigenvalue weighted by Gasteiger charge is -2.13. The van der Waals surface area contributed by atoms with Crippen LogP contribution in [0, 0.1) is 12.8 Å². The van der Waals surface area contributed by atoms with Gasteiger partial charge >= 0.3 is 6.03 Å². The van der Waals surface area contributed by atoms with Crippen molar-refractivity contribution < 1.29 is 9.21 Å². The highest BCUT2D eigenvalue weighted by molar-refractivity contribution is 5.89.